The van der Waals surface area contributed by atoms with Gasteiger partial charge in [-0.05, 0) is 101 Å². The molecule has 0 heterocycles. The van der Waals surface area contributed by atoms with Crippen molar-refractivity contribution in [3.05, 3.63) is 82.4 Å². The van der Waals surface area contributed by atoms with Crippen LogP contribution in [0.2, 0.25) is 0 Å². The van der Waals surface area contributed by atoms with Crippen molar-refractivity contribution < 1.29 is 28.2 Å². The van der Waals surface area contributed by atoms with Crippen LogP contribution < -0.4 is 9.47 Å². The molecule has 206 valence electrons. The number of carbonyl (C=O) groups is 1. The topological polar surface area (TPSA) is 55.8 Å². The van der Waals surface area contributed by atoms with E-state index in [2.05, 4.69) is 19.9 Å². The maximum Gasteiger partial charge on any atom is 0.303 e. The molecule has 1 N–H and O–H groups in total. The highest BCUT2D eigenvalue weighted by Gasteiger charge is 2.37. The number of rotatable bonds is 8. The van der Waals surface area contributed by atoms with E-state index in [-0.39, 0.29) is 41.8 Å². The standard InChI is InChI=1S/C33H36F2O4/c1-33(2)15-5-8-27(33)25-16-20(9-12-24(25)26-18-23(38-3)11-13-28(26)34)19-39-29-14-10-21-6-4-7-22(17-30(36)37)31(21)32(29)35/h9-14,16,18,22,27H,4-8,15,17,19H2,1-3H3,(H,36,37). The van der Waals surface area contributed by atoms with Crippen molar-refractivity contribution in [1.29, 1.82) is 0 Å². The summed E-state index contributed by atoms with van der Waals surface area (Å²) in [6.07, 6.45) is 5.38. The first-order valence-electron chi connectivity index (χ1n) is 13.8. The third-order valence-electron chi connectivity index (χ3n) is 8.67. The molecule has 0 bridgehead atoms. The Bertz CT molecular complexity index is 1380. The van der Waals surface area contributed by atoms with E-state index in [1.165, 1.54) is 6.07 Å². The Hall–Kier alpha value is -3.41. The van der Waals surface area contributed by atoms with Crippen molar-refractivity contribution in [3.63, 3.8) is 0 Å². The summed E-state index contributed by atoms with van der Waals surface area (Å²) in [7, 11) is 1.57. The minimum absolute atomic E-state index is 0.0628. The zero-order valence-corrected chi connectivity index (χ0v) is 22.9. The van der Waals surface area contributed by atoms with Gasteiger partial charge in [-0.1, -0.05) is 44.5 Å². The van der Waals surface area contributed by atoms with Crippen LogP contribution in [0.5, 0.6) is 11.5 Å². The number of aliphatic carboxylic acids is 1. The van der Waals surface area contributed by atoms with Crippen LogP contribution in [0.4, 0.5) is 8.78 Å². The van der Waals surface area contributed by atoms with Crippen molar-refractivity contribution in [1.82, 2.24) is 0 Å². The van der Waals surface area contributed by atoms with Gasteiger partial charge >= 0.3 is 5.97 Å². The average molecular weight is 535 g/mol. The Labute approximate surface area is 229 Å². The fourth-order valence-corrected chi connectivity index (χ4v) is 6.62. The van der Waals surface area contributed by atoms with Crippen LogP contribution in [0.25, 0.3) is 11.1 Å². The Morgan fingerprint density at radius 1 is 1.03 bits per heavy atom. The zero-order chi connectivity index (χ0) is 27.7. The average Bonchev–Trinajstić information content (AvgIpc) is 3.27. The van der Waals surface area contributed by atoms with E-state index >= 15 is 8.78 Å². The maximum absolute atomic E-state index is 15.6. The normalized spacial score (nSPS) is 19.9. The lowest BCUT2D eigenvalue weighted by Crippen LogP contribution is -2.17. The van der Waals surface area contributed by atoms with Gasteiger partial charge in [-0.25, -0.2) is 8.78 Å². The number of carboxylic acids is 1. The number of hydrogen-bond donors (Lipinski definition) is 1. The van der Waals surface area contributed by atoms with Gasteiger partial charge in [-0.3, -0.25) is 4.79 Å². The first kappa shape index (κ1) is 27.2. The Balaban J connectivity index is 1.48. The van der Waals surface area contributed by atoms with Gasteiger partial charge in [-0.15, -0.1) is 0 Å². The molecule has 39 heavy (non-hydrogen) atoms. The molecule has 6 heteroatoms. The van der Waals surface area contributed by atoms with Crippen molar-refractivity contribution in [2.45, 2.75) is 77.2 Å². The first-order valence-corrected chi connectivity index (χ1v) is 13.8. The number of methoxy groups -OCH3 is 1. The quantitative estimate of drug-likeness (QED) is 0.315. The van der Waals surface area contributed by atoms with Gasteiger partial charge in [0.2, 0.25) is 0 Å². The molecule has 4 nitrogen and oxygen atoms in total. The molecule has 0 spiro atoms. The van der Waals surface area contributed by atoms with Crippen molar-refractivity contribution in [3.8, 4) is 22.6 Å². The van der Waals surface area contributed by atoms with Crippen LogP contribution in [0, 0.1) is 17.0 Å². The Morgan fingerprint density at radius 3 is 2.56 bits per heavy atom. The molecule has 3 aromatic carbocycles. The van der Waals surface area contributed by atoms with Crippen LogP contribution >= 0.6 is 0 Å². The summed E-state index contributed by atoms with van der Waals surface area (Å²) < 4.78 is 42.0. The fourth-order valence-electron chi connectivity index (χ4n) is 6.62. The molecule has 5 rings (SSSR count). The molecule has 0 aromatic heterocycles. The van der Waals surface area contributed by atoms with Gasteiger partial charge in [0.25, 0.3) is 0 Å². The van der Waals surface area contributed by atoms with E-state index in [0.717, 1.165) is 54.4 Å². The Kier molecular flexibility index (Phi) is 7.66. The molecule has 1 saturated carbocycles. The minimum Gasteiger partial charge on any atom is -0.497 e. The molecule has 2 aliphatic rings. The molecule has 0 saturated heterocycles. The van der Waals surface area contributed by atoms with Crippen LogP contribution in [-0.2, 0) is 17.8 Å². The fraction of sp³-hybridized carbons (Fsp3) is 0.424. The van der Waals surface area contributed by atoms with Gasteiger partial charge in [0.15, 0.2) is 11.6 Å². The highest BCUT2D eigenvalue weighted by molar-refractivity contribution is 5.71. The van der Waals surface area contributed by atoms with Crippen LogP contribution in [0.15, 0.2) is 48.5 Å². The van der Waals surface area contributed by atoms with Crippen molar-refractivity contribution >= 4 is 5.97 Å². The third-order valence-corrected chi connectivity index (χ3v) is 8.67. The zero-order valence-electron chi connectivity index (χ0n) is 22.9. The molecular weight excluding hydrogens is 498 g/mol. The van der Waals surface area contributed by atoms with Gasteiger partial charge in [0.05, 0.1) is 13.5 Å². The number of halogens is 2. The molecule has 2 aliphatic carbocycles. The van der Waals surface area contributed by atoms with E-state index in [1.54, 1.807) is 25.3 Å². The van der Waals surface area contributed by atoms with Crippen LogP contribution in [0.3, 0.4) is 0 Å². The lowest BCUT2D eigenvalue weighted by Gasteiger charge is -2.30. The minimum atomic E-state index is -0.923. The maximum atomic E-state index is 15.6. The number of ether oxygens (including phenoxy) is 2. The largest absolute Gasteiger partial charge is 0.497 e. The summed E-state index contributed by atoms with van der Waals surface area (Å²) >= 11 is 0. The number of benzene rings is 3. The summed E-state index contributed by atoms with van der Waals surface area (Å²) in [6, 6.07) is 14.2. The predicted molar refractivity (Wildman–Crippen MR) is 147 cm³/mol. The predicted octanol–water partition coefficient (Wildman–Crippen LogP) is 8.41. The SMILES string of the molecule is COc1ccc(F)c(-c2ccc(COc3ccc4c(c3F)C(CC(=O)O)CCC4)cc2C2CCCC2(C)C)c1. The van der Waals surface area contributed by atoms with E-state index in [9.17, 15) is 9.90 Å². The van der Waals surface area contributed by atoms with E-state index < -0.39 is 11.8 Å². The van der Waals surface area contributed by atoms with E-state index in [1.807, 2.05) is 18.2 Å². The monoisotopic (exact) mass is 534 g/mol. The lowest BCUT2D eigenvalue weighted by molar-refractivity contribution is -0.137. The highest BCUT2D eigenvalue weighted by atomic mass is 19.1. The van der Waals surface area contributed by atoms with Gasteiger partial charge < -0.3 is 14.6 Å². The second kappa shape index (κ2) is 11.0. The van der Waals surface area contributed by atoms with Gasteiger partial charge in [0, 0.05) is 5.56 Å². The molecular formula is C33H36F2O4. The lowest BCUT2D eigenvalue weighted by atomic mass is 9.75. The molecule has 3 aromatic rings. The summed E-state index contributed by atoms with van der Waals surface area (Å²) in [5, 5.41) is 9.32. The van der Waals surface area contributed by atoms with Gasteiger partial charge in [-0.2, -0.15) is 0 Å². The van der Waals surface area contributed by atoms with Crippen LogP contribution in [-0.4, -0.2) is 18.2 Å². The summed E-state index contributed by atoms with van der Waals surface area (Å²) in [5.41, 5.74) is 4.70. The summed E-state index contributed by atoms with van der Waals surface area (Å²) in [5.74, 6) is -1.04. The van der Waals surface area contributed by atoms with Gasteiger partial charge in [0.1, 0.15) is 18.2 Å². The highest BCUT2D eigenvalue weighted by Crippen LogP contribution is 2.51. The second-order valence-electron chi connectivity index (χ2n) is 11.6. The number of hydrogen-bond acceptors (Lipinski definition) is 3. The first-order chi connectivity index (χ1) is 18.7. The number of aryl methyl sites for hydroxylation is 1. The molecule has 1 fully saturated rings. The number of fused-ring (bicyclic) bond motifs is 1. The van der Waals surface area contributed by atoms with Crippen LogP contribution in [0.1, 0.15) is 86.5 Å². The molecule has 2 unspecified atom stereocenters. The molecule has 2 atom stereocenters. The molecule has 0 amide bonds. The molecule has 0 aliphatic heterocycles. The molecule has 0 radical (unpaired) electrons. The van der Waals surface area contributed by atoms with Crippen molar-refractivity contribution in [2.75, 3.05) is 7.11 Å². The van der Waals surface area contributed by atoms with E-state index in [4.69, 9.17) is 9.47 Å². The smallest absolute Gasteiger partial charge is 0.303 e. The van der Waals surface area contributed by atoms with E-state index in [0.29, 0.717) is 23.3 Å². The third kappa shape index (κ3) is 5.52. The second-order valence-corrected chi connectivity index (χ2v) is 11.6. The summed E-state index contributed by atoms with van der Waals surface area (Å²) in [6.45, 7) is 4.67. The number of carboxylic acid groups (broad SMARTS) is 1. The summed E-state index contributed by atoms with van der Waals surface area (Å²) in [4.78, 5) is 11.4. The van der Waals surface area contributed by atoms with Crippen molar-refractivity contribution in [2.24, 2.45) is 5.41 Å². The Morgan fingerprint density at radius 2 is 1.85 bits per heavy atom.